The van der Waals surface area contributed by atoms with Crippen molar-refractivity contribution in [1.82, 2.24) is 0 Å². The molecule has 1 rings (SSSR count). The number of halogens is 1. The second-order valence-corrected chi connectivity index (χ2v) is 7.71. The monoisotopic (exact) mass is 349 g/mol. The van der Waals surface area contributed by atoms with Gasteiger partial charge in [0, 0.05) is 11.8 Å². The summed E-state index contributed by atoms with van der Waals surface area (Å²) in [4.78, 5) is 0. The maximum absolute atomic E-state index is 11.4. The molecule has 0 saturated carbocycles. The Kier molecular flexibility index (Phi) is 6.29. The average molecular weight is 350 g/mol. The number of ether oxygens (including phenoxy) is 1. The third-order valence-corrected chi connectivity index (χ3v) is 5.42. The van der Waals surface area contributed by atoms with E-state index in [1.165, 1.54) is 0 Å². The molecular formula is C13H20BrNO3S. The van der Waals surface area contributed by atoms with Crippen molar-refractivity contribution in [3.63, 3.8) is 0 Å². The van der Waals surface area contributed by atoms with Crippen LogP contribution in [0.5, 0.6) is 5.75 Å². The lowest BCUT2D eigenvalue weighted by Gasteiger charge is -2.13. The van der Waals surface area contributed by atoms with Crippen LogP contribution in [0.15, 0.2) is 22.7 Å². The Morgan fingerprint density at radius 1 is 1.42 bits per heavy atom. The van der Waals surface area contributed by atoms with Gasteiger partial charge < -0.3 is 10.5 Å². The fourth-order valence-electron chi connectivity index (χ4n) is 1.75. The van der Waals surface area contributed by atoms with E-state index in [2.05, 4.69) is 15.9 Å². The van der Waals surface area contributed by atoms with Crippen molar-refractivity contribution in [3.05, 3.63) is 28.2 Å². The SMILES string of the molecule is CCS(=O)(=O)CCCC(N)c1ccc(OC)c(Br)c1. The van der Waals surface area contributed by atoms with Crippen molar-refractivity contribution in [2.45, 2.75) is 25.8 Å². The van der Waals surface area contributed by atoms with Crippen molar-refractivity contribution >= 4 is 25.8 Å². The summed E-state index contributed by atoms with van der Waals surface area (Å²) in [7, 11) is -1.29. The van der Waals surface area contributed by atoms with Gasteiger partial charge in [-0.2, -0.15) is 0 Å². The molecule has 1 atom stereocenters. The normalized spacial score (nSPS) is 13.3. The van der Waals surface area contributed by atoms with Crippen LogP contribution in [0.4, 0.5) is 0 Å². The minimum absolute atomic E-state index is 0.158. The molecule has 2 N–H and O–H groups in total. The molecule has 1 unspecified atom stereocenters. The van der Waals surface area contributed by atoms with Gasteiger partial charge >= 0.3 is 0 Å². The van der Waals surface area contributed by atoms with E-state index in [0.717, 1.165) is 15.8 Å². The summed E-state index contributed by atoms with van der Waals surface area (Å²) >= 11 is 3.41. The molecule has 0 aliphatic heterocycles. The van der Waals surface area contributed by atoms with Gasteiger partial charge in [0.1, 0.15) is 15.6 Å². The number of nitrogens with two attached hydrogens (primary N) is 1. The topological polar surface area (TPSA) is 69.4 Å². The highest BCUT2D eigenvalue weighted by Gasteiger charge is 2.12. The number of sulfone groups is 1. The van der Waals surface area contributed by atoms with Crippen molar-refractivity contribution < 1.29 is 13.2 Å². The fourth-order valence-corrected chi connectivity index (χ4v) is 3.20. The number of benzene rings is 1. The first-order valence-electron chi connectivity index (χ1n) is 6.19. The molecular weight excluding hydrogens is 330 g/mol. The Bertz CT molecular complexity index is 517. The Balaban J connectivity index is 2.59. The zero-order chi connectivity index (χ0) is 14.5. The van der Waals surface area contributed by atoms with Gasteiger partial charge in [0.05, 0.1) is 17.3 Å². The molecule has 0 spiro atoms. The molecule has 0 radical (unpaired) electrons. The standard InChI is InChI=1S/C13H20BrNO3S/c1-3-19(16,17)8-4-5-12(15)10-6-7-13(18-2)11(14)9-10/h6-7,9,12H,3-5,8,15H2,1-2H3. The van der Waals surface area contributed by atoms with Crippen LogP contribution >= 0.6 is 15.9 Å². The second-order valence-electron chi connectivity index (χ2n) is 4.38. The molecule has 19 heavy (non-hydrogen) atoms. The molecule has 0 aliphatic rings. The predicted octanol–water partition coefficient (Wildman–Crippen LogP) is 2.67. The highest BCUT2D eigenvalue weighted by atomic mass is 79.9. The molecule has 1 aromatic carbocycles. The first-order chi connectivity index (χ1) is 8.89. The Hall–Kier alpha value is -0.590. The maximum atomic E-state index is 11.4. The van der Waals surface area contributed by atoms with Crippen LogP contribution in [0, 0.1) is 0 Å². The van der Waals surface area contributed by atoms with Gasteiger partial charge in [-0.05, 0) is 46.5 Å². The summed E-state index contributed by atoms with van der Waals surface area (Å²) in [5.41, 5.74) is 7.04. The van der Waals surface area contributed by atoms with Crippen LogP contribution in [-0.4, -0.2) is 27.0 Å². The first kappa shape index (κ1) is 16.5. The van der Waals surface area contributed by atoms with Crippen LogP contribution in [-0.2, 0) is 9.84 Å². The van der Waals surface area contributed by atoms with E-state index in [1.54, 1.807) is 14.0 Å². The van der Waals surface area contributed by atoms with E-state index < -0.39 is 9.84 Å². The minimum Gasteiger partial charge on any atom is -0.496 e. The molecule has 108 valence electrons. The Labute approximate surface area is 123 Å². The summed E-state index contributed by atoms with van der Waals surface area (Å²) in [5.74, 6) is 1.15. The lowest BCUT2D eigenvalue weighted by atomic mass is 10.0. The molecule has 1 aromatic rings. The van der Waals surface area contributed by atoms with Gasteiger partial charge in [-0.25, -0.2) is 8.42 Å². The molecule has 6 heteroatoms. The molecule has 0 aromatic heterocycles. The van der Waals surface area contributed by atoms with E-state index >= 15 is 0 Å². The van der Waals surface area contributed by atoms with Crippen molar-refractivity contribution in [1.29, 1.82) is 0 Å². The Morgan fingerprint density at radius 3 is 2.63 bits per heavy atom. The smallest absolute Gasteiger partial charge is 0.150 e. The van der Waals surface area contributed by atoms with Gasteiger partial charge in [-0.3, -0.25) is 0 Å². The van der Waals surface area contributed by atoms with Gasteiger partial charge in [0.2, 0.25) is 0 Å². The molecule has 0 heterocycles. The summed E-state index contributed by atoms with van der Waals surface area (Å²) in [6.45, 7) is 1.66. The minimum atomic E-state index is -2.90. The quantitative estimate of drug-likeness (QED) is 0.821. The lowest BCUT2D eigenvalue weighted by molar-refractivity contribution is 0.411. The molecule has 0 aliphatic carbocycles. The van der Waals surface area contributed by atoms with Crippen LogP contribution in [0.2, 0.25) is 0 Å². The highest BCUT2D eigenvalue weighted by Crippen LogP contribution is 2.28. The van der Waals surface area contributed by atoms with E-state index in [9.17, 15) is 8.42 Å². The van der Waals surface area contributed by atoms with E-state index in [0.29, 0.717) is 12.8 Å². The van der Waals surface area contributed by atoms with Crippen molar-refractivity contribution in [2.75, 3.05) is 18.6 Å². The zero-order valence-electron chi connectivity index (χ0n) is 11.2. The van der Waals surface area contributed by atoms with E-state index in [1.807, 2.05) is 18.2 Å². The zero-order valence-corrected chi connectivity index (χ0v) is 13.6. The maximum Gasteiger partial charge on any atom is 0.150 e. The summed E-state index contributed by atoms with van der Waals surface area (Å²) < 4.78 is 28.8. The molecule has 0 amide bonds. The lowest BCUT2D eigenvalue weighted by Crippen LogP contribution is -2.14. The molecule has 0 saturated heterocycles. The van der Waals surface area contributed by atoms with Crippen LogP contribution in [0.1, 0.15) is 31.4 Å². The largest absolute Gasteiger partial charge is 0.496 e. The fraction of sp³-hybridized carbons (Fsp3) is 0.538. The second kappa shape index (κ2) is 7.26. The predicted molar refractivity (Wildman–Crippen MR) is 81.2 cm³/mol. The number of hydrogen-bond donors (Lipinski definition) is 1. The van der Waals surface area contributed by atoms with E-state index in [4.69, 9.17) is 10.5 Å². The number of rotatable bonds is 7. The van der Waals surface area contributed by atoms with Gasteiger partial charge in [-0.15, -0.1) is 0 Å². The third kappa shape index (κ3) is 5.12. The van der Waals surface area contributed by atoms with Crippen LogP contribution in [0.3, 0.4) is 0 Å². The van der Waals surface area contributed by atoms with Gasteiger partial charge in [0.25, 0.3) is 0 Å². The summed E-state index contributed by atoms with van der Waals surface area (Å²) in [5, 5.41) is 0. The van der Waals surface area contributed by atoms with Crippen molar-refractivity contribution in [2.24, 2.45) is 5.73 Å². The van der Waals surface area contributed by atoms with Crippen molar-refractivity contribution in [3.8, 4) is 5.75 Å². The third-order valence-electron chi connectivity index (χ3n) is 3.01. The number of hydrogen-bond acceptors (Lipinski definition) is 4. The molecule has 0 bridgehead atoms. The summed E-state index contributed by atoms with van der Waals surface area (Å²) in [6, 6.07) is 5.51. The molecule has 4 nitrogen and oxygen atoms in total. The van der Waals surface area contributed by atoms with Gasteiger partial charge in [-0.1, -0.05) is 13.0 Å². The van der Waals surface area contributed by atoms with Crippen LogP contribution in [0.25, 0.3) is 0 Å². The Morgan fingerprint density at radius 2 is 2.11 bits per heavy atom. The number of methoxy groups -OCH3 is 1. The van der Waals surface area contributed by atoms with Gasteiger partial charge in [0.15, 0.2) is 0 Å². The molecule has 0 fully saturated rings. The first-order valence-corrected chi connectivity index (χ1v) is 8.80. The summed E-state index contributed by atoms with van der Waals surface area (Å²) in [6.07, 6.45) is 1.24. The highest BCUT2D eigenvalue weighted by molar-refractivity contribution is 9.10. The van der Waals surface area contributed by atoms with E-state index in [-0.39, 0.29) is 17.5 Å². The van der Waals surface area contributed by atoms with Crippen LogP contribution < -0.4 is 10.5 Å². The average Bonchev–Trinajstić information content (AvgIpc) is 2.38.